The number of likely N-dealkylation sites (tertiary alicyclic amines) is 1. The van der Waals surface area contributed by atoms with E-state index < -0.39 is 10.0 Å². The second-order valence-electron chi connectivity index (χ2n) is 7.64. The molecule has 23 heavy (non-hydrogen) atoms. The van der Waals surface area contributed by atoms with E-state index in [4.69, 9.17) is 0 Å². The molecule has 7 heteroatoms. The van der Waals surface area contributed by atoms with Crippen molar-refractivity contribution in [2.75, 3.05) is 39.0 Å². The first kappa shape index (κ1) is 15.4. The highest BCUT2D eigenvalue weighted by molar-refractivity contribution is 7.88. The van der Waals surface area contributed by atoms with E-state index in [2.05, 4.69) is 17.5 Å². The summed E-state index contributed by atoms with van der Waals surface area (Å²) in [7, 11) is -3.10. The molecule has 4 rings (SSSR count). The zero-order chi connectivity index (χ0) is 16.2. The van der Waals surface area contributed by atoms with Crippen LogP contribution in [-0.4, -0.2) is 62.6 Å². The van der Waals surface area contributed by atoms with Crippen molar-refractivity contribution in [3.63, 3.8) is 0 Å². The minimum absolute atomic E-state index is 0.0246. The monoisotopic (exact) mass is 339 g/mol. The summed E-state index contributed by atoms with van der Waals surface area (Å²) < 4.78 is 24.6. The normalized spacial score (nSPS) is 39.2. The van der Waals surface area contributed by atoms with Crippen LogP contribution in [0.3, 0.4) is 0 Å². The van der Waals surface area contributed by atoms with E-state index >= 15 is 0 Å². The van der Waals surface area contributed by atoms with E-state index in [1.807, 2.05) is 4.90 Å². The van der Waals surface area contributed by atoms with Crippen molar-refractivity contribution in [1.29, 1.82) is 0 Å². The van der Waals surface area contributed by atoms with Gasteiger partial charge in [0.25, 0.3) is 0 Å². The van der Waals surface area contributed by atoms with Gasteiger partial charge in [-0.3, -0.25) is 0 Å². The summed E-state index contributed by atoms with van der Waals surface area (Å²) in [5.41, 5.74) is 0. The van der Waals surface area contributed by atoms with Crippen molar-refractivity contribution >= 4 is 16.1 Å². The summed E-state index contributed by atoms with van der Waals surface area (Å²) in [4.78, 5) is 14.4. The fraction of sp³-hybridized carbons (Fsp3) is 0.812. The van der Waals surface area contributed by atoms with Crippen LogP contribution < -0.4 is 5.32 Å². The lowest BCUT2D eigenvalue weighted by Gasteiger charge is -2.20. The van der Waals surface area contributed by atoms with Crippen LogP contribution in [0.25, 0.3) is 0 Å². The zero-order valence-electron chi connectivity index (χ0n) is 13.5. The van der Waals surface area contributed by atoms with Crippen LogP contribution >= 0.6 is 0 Å². The van der Waals surface area contributed by atoms with Crippen LogP contribution in [0.2, 0.25) is 0 Å². The Hall–Kier alpha value is -1.08. The molecule has 0 radical (unpaired) electrons. The third-order valence-electron chi connectivity index (χ3n) is 6.21. The molecule has 2 aliphatic carbocycles. The van der Waals surface area contributed by atoms with Crippen LogP contribution in [0, 0.1) is 29.6 Å². The van der Waals surface area contributed by atoms with Crippen molar-refractivity contribution in [3.8, 4) is 0 Å². The highest BCUT2D eigenvalue weighted by Gasteiger charge is 2.50. The largest absolute Gasteiger partial charge is 0.338 e. The van der Waals surface area contributed by atoms with Crippen molar-refractivity contribution in [2.24, 2.45) is 29.6 Å². The number of hydrogen-bond acceptors (Lipinski definition) is 3. The molecule has 2 amide bonds. The first-order valence-electron chi connectivity index (χ1n) is 8.58. The summed E-state index contributed by atoms with van der Waals surface area (Å²) in [6.07, 6.45) is 8.04. The molecule has 0 aromatic rings. The van der Waals surface area contributed by atoms with Gasteiger partial charge in [0.15, 0.2) is 0 Å². The number of nitrogens with one attached hydrogen (secondary N) is 1. The molecule has 2 heterocycles. The lowest BCUT2D eigenvalue weighted by atomic mass is 9.86. The molecule has 0 aromatic heterocycles. The predicted molar refractivity (Wildman–Crippen MR) is 87.2 cm³/mol. The Morgan fingerprint density at radius 1 is 1.17 bits per heavy atom. The van der Waals surface area contributed by atoms with Gasteiger partial charge in [-0.1, -0.05) is 12.2 Å². The number of allylic oxidation sites excluding steroid dienone is 2. The number of fused-ring (bicyclic) bond motifs is 5. The Morgan fingerprint density at radius 2 is 1.83 bits per heavy atom. The summed E-state index contributed by atoms with van der Waals surface area (Å²) in [5, 5.41) is 3.02. The molecule has 3 fully saturated rings. The fourth-order valence-electron chi connectivity index (χ4n) is 4.93. The van der Waals surface area contributed by atoms with E-state index in [0.29, 0.717) is 43.3 Å². The van der Waals surface area contributed by atoms with Gasteiger partial charge >= 0.3 is 6.03 Å². The molecule has 2 bridgehead atoms. The second-order valence-corrected chi connectivity index (χ2v) is 9.63. The average molecular weight is 339 g/mol. The highest BCUT2D eigenvalue weighted by Crippen LogP contribution is 2.51. The molecule has 1 N–H and O–H groups in total. The molecule has 0 aromatic carbocycles. The van der Waals surface area contributed by atoms with Gasteiger partial charge in [-0.2, -0.15) is 0 Å². The zero-order valence-corrected chi connectivity index (χ0v) is 14.3. The number of sulfonamides is 1. The van der Waals surface area contributed by atoms with Crippen molar-refractivity contribution in [1.82, 2.24) is 14.5 Å². The molecule has 0 spiro atoms. The molecular weight excluding hydrogens is 314 g/mol. The van der Waals surface area contributed by atoms with Gasteiger partial charge < -0.3 is 10.2 Å². The van der Waals surface area contributed by atoms with Gasteiger partial charge in [-0.15, -0.1) is 0 Å². The van der Waals surface area contributed by atoms with E-state index in [1.165, 1.54) is 17.0 Å². The van der Waals surface area contributed by atoms with Gasteiger partial charge in [-0.25, -0.2) is 17.5 Å². The fourth-order valence-corrected chi connectivity index (χ4v) is 5.84. The lowest BCUT2D eigenvalue weighted by Crippen LogP contribution is -2.41. The molecule has 2 aliphatic heterocycles. The highest BCUT2D eigenvalue weighted by atomic mass is 32.2. The van der Waals surface area contributed by atoms with Gasteiger partial charge in [0.1, 0.15) is 0 Å². The third-order valence-corrected chi connectivity index (χ3v) is 7.48. The quantitative estimate of drug-likeness (QED) is 0.771. The molecule has 3 unspecified atom stereocenters. The summed E-state index contributed by atoms with van der Waals surface area (Å²) in [6.45, 7) is 3.42. The Bertz CT molecular complexity index is 612. The van der Waals surface area contributed by atoms with Crippen LogP contribution in [0.5, 0.6) is 0 Å². The van der Waals surface area contributed by atoms with E-state index in [0.717, 1.165) is 19.5 Å². The van der Waals surface area contributed by atoms with Crippen LogP contribution in [0.4, 0.5) is 4.79 Å². The summed E-state index contributed by atoms with van der Waals surface area (Å²) >= 11 is 0. The lowest BCUT2D eigenvalue weighted by molar-refractivity contribution is 0.201. The molecule has 1 saturated carbocycles. The maximum absolute atomic E-state index is 12.4. The Labute approximate surface area is 137 Å². The van der Waals surface area contributed by atoms with Gasteiger partial charge in [0.2, 0.25) is 10.0 Å². The average Bonchev–Trinajstić information content (AvgIpc) is 3.23. The Kier molecular flexibility index (Phi) is 3.68. The maximum Gasteiger partial charge on any atom is 0.317 e. The molecule has 128 valence electrons. The van der Waals surface area contributed by atoms with Crippen molar-refractivity contribution in [2.45, 2.75) is 12.8 Å². The Morgan fingerprint density at radius 3 is 2.39 bits per heavy atom. The first-order valence-corrected chi connectivity index (χ1v) is 10.4. The number of carbonyl (C=O) groups excluding carboxylic acids is 1. The van der Waals surface area contributed by atoms with Crippen molar-refractivity contribution in [3.05, 3.63) is 12.2 Å². The standard InChI is InChI=1S/C16H25N3O3S/c1-23(21,22)19-5-4-11(8-19)7-17-16(20)18-9-14-12-2-3-13(6-12)15(14)10-18/h2-3,11-15H,4-10H2,1H3,(H,17,20)/t11?,12?,13?,14-,15+. The van der Waals surface area contributed by atoms with E-state index in [-0.39, 0.29) is 11.9 Å². The smallest absolute Gasteiger partial charge is 0.317 e. The predicted octanol–water partition coefficient (Wildman–Crippen LogP) is 0.731. The SMILES string of the molecule is CS(=O)(=O)N1CCC(CNC(=O)N2C[C@@H]3C4C=CC(C4)[C@@H]3C2)C1. The van der Waals surface area contributed by atoms with Crippen LogP contribution in [0.15, 0.2) is 12.2 Å². The maximum atomic E-state index is 12.4. The van der Waals surface area contributed by atoms with E-state index in [9.17, 15) is 13.2 Å². The molecule has 4 aliphatic rings. The number of carbonyl (C=O) groups is 1. The molecule has 6 nitrogen and oxygen atoms in total. The number of hydrogen-bond donors (Lipinski definition) is 1. The summed E-state index contributed by atoms with van der Waals surface area (Å²) in [5.74, 6) is 2.90. The minimum atomic E-state index is -3.10. The Balaban J connectivity index is 1.26. The minimum Gasteiger partial charge on any atom is -0.338 e. The number of amides is 2. The topological polar surface area (TPSA) is 69.7 Å². The molecule has 5 atom stereocenters. The number of nitrogens with zero attached hydrogens (tertiary/aromatic N) is 2. The number of urea groups is 1. The summed E-state index contributed by atoms with van der Waals surface area (Å²) in [6, 6.07) is 0.0246. The second kappa shape index (κ2) is 5.48. The molecule has 2 saturated heterocycles. The van der Waals surface area contributed by atoms with Gasteiger partial charge in [0.05, 0.1) is 6.26 Å². The number of rotatable bonds is 3. The van der Waals surface area contributed by atoms with Gasteiger partial charge in [-0.05, 0) is 42.4 Å². The van der Waals surface area contributed by atoms with Crippen molar-refractivity contribution < 1.29 is 13.2 Å². The van der Waals surface area contributed by atoms with Crippen LogP contribution in [0.1, 0.15) is 12.8 Å². The van der Waals surface area contributed by atoms with E-state index in [1.54, 1.807) is 0 Å². The molecular formula is C16H25N3O3S. The first-order chi connectivity index (χ1) is 10.9. The van der Waals surface area contributed by atoms with Gasteiger partial charge in [0, 0.05) is 32.7 Å². The van der Waals surface area contributed by atoms with Crippen LogP contribution in [-0.2, 0) is 10.0 Å². The third kappa shape index (κ3) is 2.78.